The first-order chi connectivity index (χ1) is 10.4. The highest BCUT2D eigenvalue weighted by Crippen LogP contribution is 2.59. The van der Waals surface area contributed by atoms with E-state index in [1.165, 1.54) is 5.57 Å². The Hall–Kier alpha value is -1.68. The molecular formula is C18H21NO2S. The van der Waals surface area contributed by atoms with Gasteiger partial charge in [-0.2, -0.15) is 0 Å². The second-order valence-corrected chi connectivity index (χ2v) is 7.87. The summed E-state index contributed by atoms with van der Waals surface area (Å²) in [5, 5.41) is 0.853. The van der Waals surface area contributed by atoms with Crippen molar-refractivity contribution in [1.82, 2.24) is 4.98 Å². The van der Waals surface area contributed by atoms with E-state index in [1.807, 2.05) is 24.3 Å². The van der Waals surface area contributed by atoms with Crippen LogP contribution in [0.5, 0.6) is 0 Å². The zero-order valence-corrected chi connectivity index (χ0v) is 14.2. The largest absolute Gasteiger partial charge is 0.458 e. The lowest BCUT2D eigenvalue weighted by Gasteiger charge is -2.03. The smallest absolute Gasteiger partial charge is 0.310 e. The monoisotopic (exact) mass is 315 g/mol. The van der Waals surface area contributed by atoms with Crippen LogP contribution < -0.4 is 0 Å². The molecule has 1 aliphatic carbocycles. The molecule has 0 N–H and O–H groups in total. The molecule has 1 saturated carbocycles. The average Bonchev–Trinajstić information content (AvgIpc) is 2.83. The van der Waals surface area contributed by atoms with Crippen molar-refractivity contribution >= 4 is 27.5 Å². The predicted molar refractivity (Wildman–Crippen MR) is 89.6 cm³/mol. The minimum Gasteiger partial charge on any atom is -0.458 e. The SMILES string of the molecule is CC(C)=CC1C(C(=O)OCc2nc3ccccc3s2)C1(C)C. The van der Waals surface area contributed by atoms with E-state index in [0.717, 1.165) is 15.2 Å². The first-order valence-corrected chi connectivity index (χ1v) is 8.37. The standard InChI is InChI=1S/C18H21NO2S/c1-11(2)9-12-16(18(12,3)4)17(20)21-10-15-19-13-7-5-6-8-14(13)22-15/h5-9,12,16H,10H2,1-4H3. The number of ether oxygens (including phenoxy) is 1. The number of hydrogen-bond donors (Lipinski definition) is 0. The normalized spacial score (nSPS) is 22.4. The molecule has 1 aromatic heterocycles. The molecule has 1 aliphatic rings. The van der Waals surface area contributed by atoms with Gasteiger partial charge < -0.3 is 4.74 Å². The summed E-state index contributed by atoms with van der Waals surface area (Å²) in [6, 6.07) is 7.97. The fourth-order valence-electron chi connectivity index (χ4n) is 3.00. The number of aromatic nitrogens is 1. The first-order valence-electron chi connectivity index (χ1n) is 7.55. The molecule has 3 nitrogen and oxygen atoms in total. The van der Waals surface area contributed by atoms with Gasteiger partial charge >= 0.3 is 5.97 Å². The summed E-state index contributed by atoms with van der Waals surface area (Å²) in [5.41, 5.74) is 2.22. The average molecular weight is 315 g/mol. The summed E-state index contributed by atoms with van der Waals surface area (Å²) in [6.07, 6.45) is 2.18. The molecule has 2 aromatic rings. The molecule has 116 valence electrons. The van der Waals surface area contributed by atoms with Crippen molar-refractivity contribution in [2.24, 2.45) is 17.3 Å². The van der Waals surface area contributed by atoms with Gasteiger partial charge in [0.05, 0.1) is 16.1 Å². The number of thiazole rings is 1. The molecule has 0 saturated heterocycles. The van der Waals surface area contributed by atoms with Gasteiger partial charge in [-0.15, -0.1) is 11.3 Å². The van der Waals surface area contributed by atoms with E-state index in [2.05, 4.69) is 38.8 Å². The minimum absolute atomic E-state index is 0.00193. The second kappa shape index (κ2) is 5.51. The minimum atomic E-state index is -0.105. The summed E-state index contributed by atoms with van der Waals surface area (Å²) in [7, 11) is 0. The van der Waals surface area contributed by atoms with Gasteiger partial charge in [0.15, 0.2) is 0 Å². The third kappa shape index (κ3) is 2.80. The molecule has 2 unspecified atom stereocenters. The van der Waals surface area contributed by atoms with Crippen LogP contribution in [0.2, 0.25) is 0 Å². The number of carbonyl (C=O) groups excluding carboxylic acids is 1. The summed E-state index contributed by atoms with van der Waals surface area (Å²) in [6.45, 7) is 8.66. The van der Waals surface area contributed by atoms with Gasteiger partial charge in [0, 0.05) is 0 Å². The second-order valence-electron chi connectivity index (χ2n) is 6.75. The predicted octanol–water partition coefficient (Wildman–Crippen LogP) is 4.58. The summed E-state index contributed by atoms with van der Waals surface area (Å²) < 4.78 is 6.64. The maximum absolute atomic E-state index is 12.3. The maximum atomic E-state index is 12.3. The topological polar surface area (TPSA) is 39.2 Å². The Labute approximate surface area is 135 Å². The third-order valence-corrected chi connectivity index (χ3v) is 5.36. The highest BCUT2D eigenvalue weighted by atomic mass is 32.1. The van der Waals surface area contributed by atoms with Gasteiger partial charge in [-0.25, -0.2) is 4.98 Å². The lowest BCUT2D eigenvalue weighted by Crippen LogP contribution is -2.10. The number of esters is 1. The molecule has 4 heteroatoms. The molecule has 0 radical (unpaired) electrons. The molecule has 3 rings (SSSR count). The Morgan fingerprint density at radius 2 is 2.09 bits per heavy atom. The number of nitrogens with zero attached hydrogens (tertiary/aromatic N) is 1. The summed E-state index contributed by atoms with van der Waals surface area (Å²) in [4.78, 5) is 16.8. The molecule has 0 spiro atoms. The van der Waals surface area contributed by atoms with Crippen molar-refractivity contribution in [3.63, 3.8) is 0 Å². The summed E-state index contributed by atoms with van der Waals surface area (Å²) in [5.74, 6) is 0.156. The van der Waals surface area contributed by atoms with E-state index >= 15 is 0 Å². The van der Waals surface area contributed by atoms with E-state index in [-0.39, 0.29) is 23.9 Å². The van der Waals surface area contributed by atoms with Gasteiger partial charge in [-0.3, -0.25) is 4.79 Å². The van der Waals surface area contributed by atoms with E-state index in [1.54, 1.807) is 11.3 Å². The number of benzene rings is 1. The molecular weight excluding hydrogens is 294 g/mol. The van der Waals surface area contributed by atoms with Crippen LogP contribution in [-0.2, 0) is 16.1 Å². The molecule has 0 amide bonds. The lowest BCUT2D eigenvalue weighted by molar-refractivity contribution is -0.147. The van der Waals surface area contributed by atoms with Crippen LogP contribution in [-0.4, -0.2) is 11.0 Å². The number of hydrogen-bond acceptors (Lipinski definition) is 4. The highest BCUT2D eigenvalue weighted by Gasteiger charge is 2.61. The van der Waals surface area contributed by atoms with Gasteiger partial charge in [-0.05, 0) is 37.3 Å². The van der Waals surface area contributed by atoms with E-state index < -0.39 is 0 Å². The van der Waals surface area contributed by atoms with Crippen LogP contribution in [0, 0.1) is 17.3 Å². The Morgan fingerprint density at radius 3 is 2.77 bits per heavy atom. The molecule has 1 aromatic carbocycles. The van der Waals surface area contributed by atoms with Crippen LogP contribution in [0.1, 0.15) is 32.7 Å². The molecule has 0 aliphatic heterocycles. The van der Waals surface area contributed by atoms with Crippen LogP contribution in [0.25, 0.3) is 10.2 Å². The number of carbonyl (C=O) groups is 1. The fourth-order valence-corrected chi connectivity index (χ4v) is 3.88. The Bertz CT molecular complexity index is 707. The van der Waals surface area contributed by atoms with Crippen molar-refractivity contribution in [1.29, 1.82) is 0 Å². The maximum Gasteiger partial charge on any atom is 0.310 e. The van der Waals surface area contributed by atoms with Crippen molar-refractivity contribution < 1.29 is 9.53 Å². The van der Waals surface area contributed by atoms with Crippen LogP contribution in [0.3, 0.4) is 0 Å². The van der Waals surface area contributed by atoms with E-state index in [0.29, 0.717) is 5.92 Å². The van der Waals surface area contributed by atoms with E-state index in [4.69, 9.17) is 4.74 Å². The lowest BCUT2D eigenvalue weighted by atomic mass is 10.1. The van der Waals surface area contributed by atoms with Gasteiger partial charge in [-0.1, -0.05) is 37.6 Å². The number of rotatable bonds is 4. The number of allylic oxidation sites excluding steroid dienone is 2. The van der Waals surface area contributed by atoms with Crippen molar-refractivity contribution in [2.75, 3.05) is 0 Å². The highest BCUT2D eigenvalue weighted by molar-refractivity contribution is 7.18. The first kappa shape index (κ1) is 15.2. The molecule has 1 heterocycles. The fraction of sp³-hybridized carbons (Fsp3) is 0.444. The van der Waals surface area contributed by atoms with Crippen LogP contribution in [0.15, 0.2) is 35.9 Å². The number of para-hydroxylation sites is 1. The van der Waals surface area contributed by atoms with Gasteiger partial charge in [0.1, 0.15) is 11.6 Å². The molecule has 0 bridgehead atoms. The number of fused-ring (bicyclic) bond motifs is 1. The summed E-state index contributed by atoms with van der Waals surface area (Å²) >= 11 is 1.58. The third-order valence-electron chi connectivity index (χ3n) is 4.35. The van der Waals surface area contributed by atoms with Crippen molar-refractivity contribution in [3.05, 3.63) is 40.9 Å². The van der Waals surface area contributed by atoms with Crippen LogP contribution in [0.4, 0.5) is 0 Å². The Balaban J connectivity index is 1.64. The Morgan fingerprint density at radius 1 is 1.36 bits per heavy atom. The quantitative estimate of drug-likeness (QED) is 0.612. The molecule has 22 heavy (non-hydrogen) atoms. The van der Waals surface area contributed by atoms with Gasteiger partial charge in [0.2, 0.25) is 0 Å². The van der Waals surface area contributed by atoms with Crippen molar-refractivity contribution in [2.45, 2.75) is 34.3 Å². The molecule has 1 fully saturated rings. The van der Waals surface area contributed by atoms with Crippen LogP contribution >= 0.6 is 11.3 Å². The van der Waals surface area contributed by atoms with Gasteiger partial charge in [0.25, 0.3) is 0 Å². The van der Waals surface area contributed by atoms with E-state index in [9.17, 15) is 4.79 Å². The molecule has 2 atom stereocenters. The zero-order valence-electron chi connectivity index (χ0n) is 13.4. The van der Waals surface area contributed by atoms with Crippen molar-refractivity contribution in [3.8, 4) is 0 Å². The zero-order chi connectivity index (χ0) is 15.9. The Kier molecular flexibility index (Phi) is 3.81.